The van der Waals surface area contributed by atoms with E-state index < -0.39 is 5.97 Å². The van der Waals surface area contributed by atoms with Gasteiger partial charge in [0.15, 0.2) is 0 Å². The molecule has 5 heteroatoms. The van der Waals surface area contributed by atoms with Crippen molar-refractivity contribution >= 4 is 12.0 Å². The van der Waals surface area contributed by atoms with Crippen LogP contribution in [0.5, 0.6) is 0 Å². The van der Waals surface area contributed by atoms with Crippen molar-refractivity contribution in [3.05, 3.63) is 0 Å². The van der Waals surface area contributed by atoms with E-state index in [2.05, 4.69) is 6.92 Å². The van der Waals surface area contributed by atoms with Crippen molar-refractivity contribution in [1.82, 2.24) is 9.80 Å². The monoisotopic (exact) mass is 270 g/mol. The lowest BCUT2D eigenvalue weighted by atomic mass is 9.98. The summed E-state index contributed by atoms with van der Waals surface area (Å²) >= 11 is 0. The van der Waals surface area contributed by atoms with Crippen LogP contribution >= 0.6 is 0 Å². The van der Waals surface area contributed by atoms with Crippen LogP contribution in [0.2, 0.25) is 0 Å². The molecule has 1 aliphatic heterocycles. The van der Waals surface area contributed by atoms with E-state index in [-0.39, 0.29) is 12.5 Å². The maximum atomic E-state index is 12.3. The van der Waals surface area contributed by atoms with E-state index in [9.17, 15) is 9.59 Å². The Balaban J connectivity index is 2.51. The molecule has 0 bridgehead atoms. The zero-order valence-corrected chi connectivity index (χ0v) is 12.1. The van der Waals surface area contributed by atoms with Gasteiger partial charge in [-0.15, -0.1) is 0 Å². The summed E-state index contributed by atoms with van der Waals surface area (Å²) in [5, 5.41) is 8.71. The summed E-state index contributed by atoms with van der Waals surface area (Å²) in [6.45, 7) is 6.58. The summed E-state index contributed by atoms with van der Waals surface area (Å²) in [7, 11) is 0. The van der Waals surface area contributed by atoms with Gasteiger partial charge in [0.1, 0.15) is 0 Å². The second kappa shape index (κ2) is 8.02. The highest BCUT2D eigenvalue weighted by Gasteiger charge is 2.23. The molecule has 2 amide bonds. The minimum atomic E-state index is -0.854. The molecule has 1 saturated heterocycles. The van der Waals surface area contributed by atoms with Crippen molar-refractivity contribution < 1.29 is 14.7 Å². The average Bonchev–Trinajstić information content (AvgIpc) is 2.64. The van der Waals surface area contributed by atoms with Gasteiger partial charge >= 0.3 is 12.0 Å². The van der Waals surface area contributed by atoms with E-state index in [1.807, 2.05) is 11.8 Å². The minimum Gasteiger partial charge on any atom is -0.481 e. The number of aliphatic carboxylic acids is 1. The van der Waals surface area contributed by atoms with Gasteiger partial charge in [0.25, 0.3) is 0 Å². The number of carboxylic acids is 1. The number of carboxylic acid groups (broad SMARTS) is 1. The Kier molecular flexibility index (Phi) is 6.67. The predicted octanol–water partition coefficient (Wildman–Crippen LogP) is 2.42. The standard InChI is InChI=1S/C14H26N2O3/c1-3-12-6-5-9-16(10-7-12)14(19)15(4-2)11-8-13(17)18/h12H,3-11H2,1-2H3,(H,17,18). The molecule has 0 aromatic heterocycles. The lowest BCUT2D eigenvalue weighted by Gasteiger charge is -2.29. The quantitative estimate of drug-likeness (QED) is 0.834. The van der Waals surface area contributed by atoms with Crippen LogP contribution < -0.4 is 0 Å². The maximum absolute atomic E-state index is 12.3. The van der Waals surface area contributed by atoms with Crippen LogP contribution in [0, 0.1) is 5.92 Å². The van der Waals surface area contributed by atoms with Gasteiger partial charge in [-0.2, -0.15) is 0 Å². The highest BCUT2D eigenvalue weighted by Crippen LogP contribution is 2.20. The number of likely N-dealkylation sites (tertiary alicyclic amines) is 1. The number of carbonyl (C=O) groups is 2. The zero-order valence-electron chi connectivity index (χ0n) is 12.1. The van der Waals surface area contributed by atoms with Gasteiger partial charge in [-0.1, -0.05) is 13.3 Å². The third-order valence-electron chi connectivity index (χ3n) is 3.94. The molecule has 1 rings (SSSR count). The first-order valence-electron chi connectivity index (χ1n) is 7.34. The molecule has 1 fully saturated rings. The van der Waals surface area contributed by atoms with Crippen LogP contribution in [0.15, 0.2) is 0 Å². The average molecular weight is 270 g/mol. The SMILES string of the molecule is CCC1CCCN(C(=O)N(CC)CCC(=O)O)CC1. The Labute approximate surface area is 115 Å². The number of urea groups is 1. The van der Waals surface area contributed by atoms with Crippen molar-refractivity contribution in [3.63, 3.8) is 0 Å². The molecule has 1 N–H and O–H groups in total. The zero-order chi connectivity index (χ0) is 14.3. The van der Waals surface area contributed by atoms with Crippen molar-refractivity contribution in [1.29, 1.82) is 0 Å². The molecule has 0 saturated carbocycles. The Hall–Kier alpha value is -1.26. The summed E-state index contributed by atoms with van der Waals surface area (Å²) in [5.74, 6) is -0.125. The molecule has 0 aromatic carbocycles. The smallest absolute Gasteiger partial charge is 0.320 e. The molecular weight excluding hydrogens is 244 g/mol. The van der Waals surface area contributed by atoms with E-state index in [0.717, 1.165) is 31.8 Å². The van der Waals surface area contributed by atoms with E-state index in [0.29, 0.717) is 13.1 Å². The topological polar surface area (TPSA) is 60.9 Å². The van der Waals surface area contributed by atoms with Crippen molar-refractivity contribution in [2.45, 2.75) is 46.0 Å². The van der Waals surface area contributed by atoms with E-state index >= 15 is 0 Å². The Bertz CT molecular complexity index is 307. The summed E-state index contributed by atoms with van der Waals surface area (Å²) in [4.78, 5) is 26.5. The van der Waals surface area contributed by atoms with Crippen LogP contribution in [0.25, 0.3) is 0 Å². The summed E-state index contributed by atoms with van der Waals surface area (Å²) in [6, 6.07) is 0.000466. The van der Waals surface area contributed by atoms with Crippen molar-refractivity contribution in [3.8, 4) is 0 Å². The largest absolute Gasteiger partial charge is 0.481 e. The van der Waals surface area contributed by atoms with Crippen LogP contribution in [0.4, 0.5) is 4.79 Å². The summed E-state index contributed by atoms with van der Waals surface area (Å²) in [5.41, 5.74) is 0. The number of hydrogen-bond acceptors (Lipinski definition) is 2. The van der Waals surface area contributed by atoms with Gasteiger partial charge in [0.05, 0.1) is 6.42 Å². The normalized spacial score (nSPS) is 19.9. The first-order chi connectivity index (χ1) is 9.08. The van der Waals surface area contributed by atoms with Crippen LogP contribution in [0.3, 0.4) is 0 Å². The fourth-order valence-corrected chi connectivity index (χ4v) is 2.58. The third kappa shape index (κ3) is 5.09. The first-order valence-corrected chi connectivity index (χ1v) is 7.34. The Morgan fingerprint density at radius 1 is 1.26 bits per heavy atom. The van der Waals surface area contributed by atoms with Gasteiger partial charge < -0.3 is 14.9 Å². The summed E-state index contributed by atoms with van der Waals surface area (Å²) in [6.07, 6.45) is 4.52. The molecule has 19 heavy (non-hydrogen) atoms. The third-order valence-corrected chi connectivity index (χ3v) is 3.94. The fourth-order valence-electron chi connectivity index (χ4n) is 2.58. The number of amides is 2. The number of carbonyl (C=O) groups excluding carboxylic acids is 1. The van der Waals surface area contributed by atoms with Gasteiger partial charge in [0.2, 0.25) is 0 Å². The number of rotatable bonds is 5. The molecule has 5 nitrogen and oxygen atoms in total. The second-order valence-corrected chi connectivity index (χ2v) is 5.20. The van der Waals surface area contributed by atoms with Gasteiger partial charge in [-0.05, 0) is 32.1 Å². The molecule has 1 unspecified atom stereocenters. The highest BCUT2D eigenvalue weighted by molar-refractivity contribution is 5.75. The van der Waals surface area contributed by atoms with E-state index in [1.54, 1.807) is 4.90 Å². The first kappa shape index (κ1) is 15.8. The van der Waals surface area contributed by atoms with E-state index in [4.69, 9.17) is 5.11 Å². The summed E-state index contributed by atoms with van der Waals surface area (Å²) < 4.78 is 0. The predicted molar refractivity (Wildman–Crippen MR) is 74.1 cm³/mol. The molecule has 1 aliphatic rings. The van der Waals surface area contributed by atoms with Crippen LogP contribution in [-0.4, -0.2) is 53.1 Å². The van der Waals surface area contributed by atoms with Crippen LogP contribution in [-0.2, 0) is 4.79 Å². The molecule has 0 aromatic rings. The molecule has 1 heterocycles. The van der Waals surface area contributed by atoms with Crippen LogP contribution in [0.1, 0.15) is 46.0 Å². The second-order valence-electron chi connectivity index (χ2n) is 5.20. The van der Waals surface area contributed by atoms with Crippen molar-refractivity contribution in [2.24, 2.45) is 5.92 Å². The Morgan fingerprint density at radius 2 is 2.00 bits per heavy atom. The molecule has 0 spiro atoms. The fraction of sp³-hybridized carbons (Fsp3) is 0.857. The van der Waals surface area contributed by atoms with Gasteiger partial charge in [-0.25, -0.2) is 4.79 Å². The number of nitrogens with zero attached hydrogens (tertiary/aromatic N) is 2. The minimum absolute atomic E-state index is 0.000466. The van der Waals surface area contributed by atoms with E-state index in [1.165, 1.54) is 12.8 Å². The molecule has 0 aliphatic carbocycles. The Morgan fingerprint density at radius 3 is 2.58 bits per heavy atom. The molecule has 110 valence electrons. The molecular formula is C14H26N2O3. The molecule has 0 radical (unpaired) electrons. The van der Waals surface area contributed by atoms with Gasteiger partial charge in [-0.3, -0.25) is 4.79 Å². The maximum Gasteiger partial charge on any atom is 0.320 e. The number of hydrogen-bond donors (Lipinski definition) is 1. The van der Waals surface area contributed by atoms with Crippen molar-refractivity contribution in [2.75, 3.05) is 26.2 Å². The van der Waals surface area contributed by atoms with Gasteiger partial charge in [0, 0.05) is 26.2 Å². The lowest BCUT2D eigenvalue weighted by molar-refractivity contribution is -0.137. The molecule has 1 atom stereocenters. The highest BCUT2D eigenvalue weighted by atomic mass is 16.4. The lowest BCUT2D eigenvalue weighted by Crippen LogP contribution is -2.44.